The summed E-state index contributed by atoms with van der Waals surface area (Å²) < 4.78 is 4.28. The number of nitrogens with one attached hydrogen (secondary N) is 1. The van der Waals surface area contributed by atoms with Gasteiger partial charge in [-0.25, -0.2) is 0 Å². The van der Waals surface area contributed by atoms with Crippen molar-refractivity contribution < 1.29 is 0 Å². The van der Waals surface area contributed by atoms with Gasteiger partial charge in [0, 0.05) is 25.0 Å². The van der Waals surface area contributed by atoms with Gasteiger partial charge in [0.25, 0.3) is 0 Å². The van der Waals surface area contributed by atoms with Crippen molar-refractivity contribution in [3.63, 3.8) is 0 Å². The summed E-state index contributed by atoms with van der Waals surface area (Å²) in [5.41, 5.74) is 8.07. The zero-order valence-corrected chi connectivity index (χ0v) is 11.7. The molecule has 1 atom stereocenters. The Kier molecular flexibility index (Phi) is 3.35. The van der Waals surface area contributed by atoms with E-state index in [9.17, 15) is 0 Å². The first-order valence-corrected chi connectivity index (χ1v) is 7.12. The minimum atomic E-state index is 0.477. The summed E-state index contributed by atoms with van der Waals surface area (Å²) in [5.74, 6) is 0.588. The third-order valence-electron chi connectivity index (χ3n) is 3.41. The molecule has 0 amide bonds. The van der Waals surface area contributed by atoms with Crippen molar-refractivity contribution in [2.45, 2.75) is 12.5 Å². The summed E-state index contributed by atoms with van der Waals surface area (Å²) in [4.78, 5) is 6.37. The Morgan fingerprint density at radius 1 is 1.42 bits per heavy atom. The number of likely N-dealkylation sites (N-methyl/N-ethyl adjacent to an activating group) is 1. The van der Waals surface area contributed by atoms with E-state index in [4.69, 9.17) is 5.73 Å². The zero-order chi connectivity index (χ0) is 13.2. The highest BCUT2D eigenvalue weighted by atomic mass is 32.1. The standard InChI is InChI=1S/C13H17N5S/c1-18-7-4-10(8-18)16-13-11(12(14)17-19-13)9-2-5-15-6-3-9/h2-3,5-6,10,16H,4,7-8H2,1H3,(H2,14,17). The first kappa shape index (κ1) is 12.4. The highest BCUT2D eigenvalue weighted by molar-refractivity contribution is 7.11. The molecule has 1 aliphatic heterocycles. The molecule has 3 heterocycles. The van der Waals surface area contributed by atoms with Crippen LogP contribution in [0.15, 0.2) is 24.5 Å². The number of nitrogens with zero attached hydrogens (tertiary/aromatic N) is 3. The van der Waals surface area contributed by atoms with Gasteiger partial charge in [-0.2, -0.15) is 4.37 Å². The number of anilines is 2. The Labute approximate surface area is 116 Å². The second-order valence-corrected chi connectivity index (χ2v) is 5.67. The third-order valence-corrected chi connectivity index (χ3v) is 4.21. The van der Waals surface area contributed by atoms with Crippen molar-refractivity contribution in [1.82, 2.24) is 14.3 Å². The van der Waals surface area contributed by atoms with Gasteiger partial charge in [-0.05, 0) is 49.2 Å². The van der Waals surface area contributed by atoms with E-state index in [0.717, 1.165) is 35.6 Å². The first-order valence-electron chi connectivity index (χ1n) is 6.34. The number of nitrogens with two attached hydrogens (primary N) is 1. The van der Waals surface area contributed by atoms with Crippen molar-refractivity contribution in [2.24, 2.45) is 0 Å². The fraction of sp³-hybridized carbons (Fsp3) is 0.385. The van der Waals surface area contributed by atoms with E-state index in [0.29, 0.717) is 11.9 Å². The number of likely N-dealkylation sites (tertiary alicyclic amines) is 1. The van der Waals surface area contributed by atoms with Gasteiger partial charge < -0.3 is 16.0 Å². The summed E-state index contributed by atoms with van der Waals surface area (Å²) >= 11 is 1.43. The lowest BCUT2D eigenvalue weighted by molar-refractivity contribution is 0.414. The van der Waals surface area contributed by atoms with Crippen molar-refractivity contribution in [3.8, 4) is 11.1 Å². The highest BCUT2D eigenvalue weighted by Crippen LogP contribution is 2.37. The average Bonchev–Trinajstić information content (AvgIpc) is 2.98. The van der Waals surface area contributed by atoms with Crippen LogP contribution in [0.3, 0.4) is 0 Å². The van der Waals surface area contributed by atoms with Gasteiger partial charge in [0.15, 0.2) is 0 Å². The van der Waals surface area contributed by atoms with Crippen LogP contribution in [-0.2, 0) is 0 Å². The molecule has 0 aromatic carbocycles. The van der Waals surface area contributed by atoms with Crippen LogP contribution in [-0.4, -0.2) is 40.4 Å². The molecule has 5 nitrogen and oxygen atoms in total. The molecule has 3 N–H and O–H groups in total. The molecule has 0 spiro atoms. The van der Waals surface area contributed by atoms with Gasteiger partial charge >= 0.3 is 0 Å². The molecule has 1 fully saturated rings. The van der Waals surface area contributed by atoms with Gasteiger partial charge in [-0.3, -0.25) is 4.98 Å². The predicted octanol–water partition coefficient (Wildman–Crippen LogP) is 1.90. The predicted molar refractivity (Wildman–Crippen MR) is 79.3 cm³/mol. The summed E-state index contributed by atoms with van der Waals surface area (Å²) in [7, 11) is 2.15. The van der Waals surface area contributed by atoms with E-state index in [1.54, 1.807) is 12.4 Å². The second-order valence-electron chi connectivity index (χ2n) is 4.90. The van der Waals surface area contributed by atoms with Crippen molar-refractivity contribution in [3.05, 3.63) is 24.5 Å². The molecule has 0 aliphatic carbocycles. The molecular formula is C13H17N5S. The Morgan fingerprint density at radius 3 is 2.89 bits per heavy atom. The quantitative estimate of drug-likeness (QED) is 0.895. The lowest BCUT2D eigenvalue weighted by atomic mass is 10.1. The van der Waals surface area contributed by atoms with E-state index in [1.807, 2.05) is 12.1 Å². The molecule has 2 aromatic heterocycles. The lowest BCUT2D eigenvalue weighted by Crippen LogP contribution is -2.23. The number of pyridine rings is 1. The summed E-state index contributed by atoms with van der Waals surface area (Å²) in [6.07, 6.45) is 4.71. The van der Waals surface area contributed by atoms with Crippen LogP contribution >= 0.6 is 11.5 Å². The van der Waals surface area contributed by atoms with E-state index >= 15 is 0 Å². The number of nitrogen functional groups attached to an aromatic ring is 1. The summed E-state index contributed by atoms with van der Waals surface area (Å²) in [5, 5.41) is 4.63. The van der Waals surface area contributed by atoms with Crippen molar-refractivity contribution in [1.29, 1.82) is 0 Å². The molecule has 3 rings (SSSR count). The normalized spacial score (nSPS) is 19.7. The molecule has 1 aliphatic rings. The van der Waals surface area contributed by atoms with Crippen molar-refractivity contribution >= 4 is 22.4 Å². The van der Waals surface area contributed by atoms with E-state index < -0.39 is 0 Å². The summed E-state index contributed by atoms with van der Waals surface area (Å²) in [6.45, 7) is 2.20. The van der Waals surface area contributed by atoms with Gasteiger partial charge in [-0.15, -0.1) is 0 Å². The average molecular weight is 275 g/mol. The van der Waals surface area contributed by atoms with Crippen LogP contribution in [0.1, 0.15) is 6.42 Å². The van der Waals surface area contributed by atoms with Gasteiger partial charge in [0.05, 0.1) is 5.56 Å². The molecule has 2 aromatic rings. The maximum absolute atomic E-state index is 6.00. The molecule has 100 valence electrons. The zero-order valence-electron chi connectivity index (χ0n) is 10.8. The summed E-state index contributed by atoms with van der Waals surface area (Å²) in [6, 6.07) is 4.41. The lowest BCUT2D eigenvalue weighted by Gasteiger charge is -2.14. The molecule has 0 bridgehead atoms. The molecule has 1 saturated heterocycles. The SMILES string of the molecule is CN1CCC(Nc2snc(N)c2-c2ccncc2)C1. The smallest absolute Gasteiger partial charge is 0.147 e. The van der Waals surface area contributed by atoms with Crippen LogP contribution in [0.4, 0.5) is 10.8 Å². The maximum Gasteiger partial charge on any atom is 0.147 e. The Hall–Kier alpha value is -1.66. The maximum atomic E-state index is 6.00. The van der Waals surface area contributed by atoms with E-state index in [-0.39, 0.29) is 0 Å². The van der Waals surface area contributed by atoms with Crippen LogP contribution in [0.5, 0.6) is 0 Å². The molecule has 0 saturated carbocycles. The minimum absolute atomic E-state index is 0.477. The Morgan fingerprint density at radius 2 is 2.21 bits per heavy atom. The van der Waals surface area contributed by atoms with Crippen molar-refractivity contribution in [2.75, 3.05) is 31.2 Å². The first-order chi connectivity index (χ1) is 9.24. The van der Waals surface area contributed by atoms with Crippen LogP contribution in [0, 0.1) is 0 Å². The number of rotatable bonds is 3. The van der Waals surface area contributed by atoms with Gasteiger partial charge in [0.1, 0.15) is 10.8 Å². The molecule has 19 heavy (non-hydrogen) atoms. The molecule has 0 radical (unpaired) electrons. The molecular weight excluding hydrogens is 258 g/mol. The van der Waals surface area contributed by atoms with Crippen LogP contribution in [0.2, 0.25) is 0 Å². The Bertz CT molecular complexity index is 553. The number of hydrogen-bond donors (Lipinski definition) is 2. The Balaban J connectivity index is 1.87. The molecule has 6 heteroatoms. The van der Waals surface area contributed by atoms with Gasteiger partial charge in [0.2, 0.25) is 0 Å². The number of aromatic nitrogens is 2. The molecule has 1 unspecified atom stereocenters. The van der Waals surface area contributed by atoms with Gasteiger partial charge in [-0.1, -0.05) is 0 Å². The highest BCUT2D eigenvalue weighted by Gasteiger charge is 2.22. The fourth-order valence-electron chi connectivity index (χ4n) is 2.44. The van der Waals surface area contributed by atoms with Crippen LogP contribution in [0.25, 0.3) is 11.1 Å². The van der Waals surface area contributed by atoms with E-state index in [2.05, 4.69) is 26.6 Å². The topological polar surface area (TPSA) is 67.1 Å². The van der Waals surface area contributed by atoms with Crippen LogP contribution < -0.4 is 11.1 Å². The number of hydrogen-bond acceptors (Lipinski definition) is 6. The fourth-order valence-corrected chi connectivity index (χ4v) is 3.25. The minimum Gasteiger partial charge on any atom is -0.382 e. The van der Waals surface area contributed by atoms with E-state index in [1.165, 1.54) is 11.5 Å². The largest absolute Gasteiger partial charge is 0.382 e. The second kappa shape index (κ2) is 5.14. The monoisotopic (exact) mass is 275 g/mol. The third kappa shape index (κ3) is 2.54.